The summed E-state index contributed by atoms with van der Waals surface area (Å²) < 4.78 is 1.51. The highest BCUT2D eigenvalue weighted by atomic mass is 16.3. The number of aldehydes is 1. The largest absolute Gasteiger partial charge is 0.382 e. The zero-order chi connectivity index (χ0) is 10.0. The first-order chi connectivity index (χ1) is 6.07. The van der Waals surface area contributed by atoms with E-state index in [1.165, 1.54) is 4.57 Å². The van der Waals surface area contributed by atoms with Gasteiger partial charge in [-0.15, -0.1) is 10.2 Å². The molecule has 1 rings (SSSR count). The van der Waals surface area contributed by atoms with Gasteiger partial charge in [-0.1, -0.05) is 0 Å². The van der Waals surface area contributed by atoms with Crippen LogP contribution in [0.15, 0.2) is 0 Å². The van der Waals surface area contributed by atoms with Gasteiger partial charge in [0.25, 0.3) is 0 Å². The Balaban J connectivity index is 2.94. The Morgan fingerprint density at radius 1 is 1.46 bits per heavy atom. The lowest BCUT2D eigenvalue weighted by molar-refractivity contribution is -0.120. The van der Waals surface area contributed by atoms with Gasteiger partial charge < -0.3 is 19.6 Å². The Morgan fingerprint density at radius 3 is 2.46 bits per heavy atom. The highest BCUT2D eigenvalue weighted by Crippen LogP contribution is 2.13. The van der Waals surface area contributed by atoms with Crippen LogP contribution < -0.4 is 0 Å². The van der Waals surface area contributed by atoms with Crippen LogP contribution in [0, 0.1) is 6.92 Å². The van der Waals surface area contributed by atoms with E-state index in [-0.39, 0.29) is 12.1 Å². The number of nitrogens with zero attached hydrogens (tertiary/aromatic N) is 3. The topological polar surface area (TPSA) is 88.2 Å². The Morgan fingerprint density at radius 2 is 2.08 bits per heavy atom. The average molecular weight is 185 g/mol. The van der Waals surface area contributed by atoms with Crippen molar-refractivity contribution in [2.45, 2.75) is 19.1 Å². The second-order valence-electron chi connectivity index (χ2n) is 2.74. The van der Waals surface area contributed by atoms with E-state index in [0.717, 1.165) is 0 Å². The number of aryl methyl sites for hydroxylation is 1. The van der Waals surface area contributed by atoms with Gasteiger partial charge in [0.1, 0.15) is 18.0 Å². The number of hydrogen-bond donors (Lipinski definition) is 2. The summed E-state index contributed by atoms with van der Waals surface area (Å²) >= 11 is 0. The minimum absolute atomic E-state index is 0.178. The lowest BCUT2D eigenvalue weighted by Gasteiger charge is -2.11. The number of aliphatic hydroxyl groups excluding tert-OH is 2. The smallest absolute Gasteiger partial charge is 0.164 e. The molecule has 0 unspecified atom stereocenters. The van der Waals surface area contributed by atoms with Gasteiger partial charge in [-0.3, -0.25) is 0 Å². The number of rotatable bonds is 3. The van der Waals surface area contributed by atoms with Crippen molar-refractivity contribution >= 4 is 6.29 Å². The van der Waals surface area contributed by atoms with Gasteiger partial charge >= 0.3 is 0 Å². The van der Waals surface area contributed by atoms with E-state index in [2.05, 4.69) is 10.2 Å². The Bertz CT molecular complexity index is 310. The molecule has 72 valence electrons. The Labute approximate surface area is 74.8 Å². The van der Waals surface area contributed by atoms with Crippen molar-refractivity contribution in [2.75, 3.05) is 0 Å². The fourth-order valence-electron chi connectivity index (χ4n) is 0.908. The van der Waals surface area contributed by atoms with Crippen molar-refractivity contribution in [3.05, 3.63) is 11.6 Å². The summed E-state index contributed by atoms with van der Waals surface area (Å²) in [5.41, 5.74) is 0. The zero-order valence-corrected chi connectivity index (χ0v) is 7.38. The molecule has 0 aliphatic rings. The van der Waals surface area contributed by atoms with Crippen molar-refractivity contribution in [3.8, 4) is 0 Å². The van der Waals surface area contributed by atoms with E-state index in [9.17, 15) is 9.90 Å². The molecule has 13 heavy (non-hydrogen) atoms. The molecule has 0 radical (unpaired) electrons. The predicted octanol–water partition coefficient (Wildman–Crippen LogP) is -1.28. The van der Waals surface area contributed by atoms with Crippen molar-refractivity contribution in [1.82, 2.24) is 14.8 Å². The lowest BCUT2D eigenvalue weighted by Crippen LogP contribution is -2.22. The van der Waals surface area contributed by atoms with Crippen molar-refractivity contribution < 1.29 is 15.0 Å². The van der Waals surface area contributed by atoms with Gasteiger partial charge in [0.15, 0.2) is 12.1 Å². The molecule has 0 aromatic carbocycles. The normalized spacial score (nSPS) is 15.4. The number of aliphatic hydroxyl groups is 2. The van der Waals surface area contributed by atoms with Crippen molar-refractivity contribution in [2.24, 2.45) is 7.05 Å². The second kappa shape index (κ2) is 3.63. The first kappa shape index (κ1) is 9.82. The van der Waals surface area contributed by atoms with Crippen LogP contribution in [-0.4, -0.2) is 37.4 Å². The first-order valence-electron chi connectivity index (χ1n) is 3.75. The Hall–Kier alpha value is -1.27. The molecule has 2 N–H and O–H groups in total. The molecule has 1 aromatic heterocycles. The standard InChI is InChI=1S/C7H11N3O3/c1-4-8-9-7(10(4)2)6(13)5(12)3-11/h3,5-6,12-13H,1-2H3/t5-,6+/m0/s1. The highest BCUT2D eigenvalue weighted by Gasteiger charge is 2.22. The van der Waals surface area contributed by atoms with Crippen LogP contribution in [0.5, 0.6) is 0 Å². The summed E-state index contributed by atoms with van der Waals surface area (Å²) in [4.78, 5) is 10.2. The van der Waals surface area contributed by atoms with Crippen LogP contribution in [-0.2, 0) is 11.8 Å². The Kier molecular flexibility index (Phi) is 2.74. The van der Waals surface area contributed by atoms with Gasteiger partial charge in [-0.25, -0.2) is 0 Å². The molecule has 0 saturated carbocycles. The molecule has 0 fully saturated rings. The van der Waals surface area contributed by atoms with E-state index in [0.29, 0.717) is 5.82 Å². The summed E-state index contributed by atoms with van der Waals surface area (Å²) in [6.07, 6.45) is -2.51. The molecule has 0 amide bonds. The molecular weight excluding hydrogens is 174 g/mol. The third-order valence-electron chi connectivity index (χ3n) is 1.85. The SMILES string of the molecule is Cc1nnc([C@H](O)[C@@H](O)C=O)n1C. The van der Waals surface area contributed by atoms with Crippen molar-refractivity contribution in [3.63, 3.8) is 0 Å². The second-order valence-corrected chi connectivity index (χ2v) is 2.74. The summed E-state index contributed by atoms with van der Waals surface area (Å²) in [6, 6.07) is 0. The molecule has 6 nitrogen and oxygen atoms in total. The van der Waals surface area contributed by atoms with E-state index < -0.39 is 12.2 Å². The molecular formula is C7H11N3O3. The van der Waals surface area contributed by atoms with Crippen LogP contribution in [0.3, 0.4) is 0 Å². The number of aromatic nitrogens is 3. The van der Waals surface area contributed by atoms with Gasteiger partial charge in [0.2, 0.25) is 0 Å². The number of hydrogen-bond acceptors (Lipinski definition) is 5. The van der Waals surface area contributed by atoms with Crippen LogP contribution in [0.4, 0.5) is 0 Å². The number of carbonyl (C=O) groups is 1. The average Bonchev–Trinajstić information content (AvgIpc) is 2.45. The predicted molar refractivity (Wildman–Crippen MR) is 42.8 cm³/mol. The minimum Gasteiger partial charge on any atom is -0.382 e. The molecule has 0 bridgehead atoms. The number of carbonyl (C=O) groups excluding carboxylic acids is 1. The molecule has 0 saturated heterocycles. The monoisotopic (exact) mass is 185 g/mol. The first-order valence-corrected chi connectivity index (χ1v) is 3.75. The molecule has 2 atom stereocenters. The van der Waals surface area contributed by atoms with Crippen LogP contribution in [0.25, 0.3) is 0 Å². The summed E-state index contributed by atoms with van der Waals surface area (Å²) in [5.74, 6) is 0.782. The fraction of sp³-hybridized carbons (Fsp3) is 0.571. The van der Waals surface area contributed by atoms with E-state index >= 15 is 0 Å². The quantitative estimate of drug-likeness (QED) is 0.572. The van der Waals surface area contributed by atoms with E-state index in [1.807, 2.05) is 0 Å². The summed E-state index contributed by atoms with van der Waals surface area (Å²) in [7, 11) is 1.64. The van der Waals surface area contributed by atoms with Gasteiger partial charge in [-0.2, -0.15) is 0 Å². The maximum Gasteiger partial charge on any atom is 0.164 e. The van der Waals surface area contributed by atoms with E-state index in [1.54, 1.807) is 14.0 Å². The molecule has 0 aliphatic carbocycles. The van der Waals surface area contributed by atoms with Crippen molar-refractivity contribution in [1.29, 1.82) is 0 Å². The molecule has 1 aromatic rings. The van der Waals surface area contributed by atoms with Gasteiger partial charge in [0, 0.05) is 7.05 Å². The molecule has 1 heterocycles. The molecule has 0 aliphatic heterocycles. The summed E-state index contributed by atoms with van der Waals surface area (Å²) in [5, 5.41) is 25.7. The molecule has 6 heteroatoms. The van der Waals surface area contributed by atoms with E-state index in [4.69, 9.17) is 5.11 Å². The fourth-order valence-corrected chi connectivity index (χ4v) is 0.908. The minimum atomic E-state index is -1.46. The van der Waals surface area contributed by atoms with Crippen LogP contribution in [0.1, 0.15) is 17.8 Å². The molecule has 0 spiro atoms. The maximum absolute atomic E-state index is 10.2. The van der Waals surface area contributed by atoms with Crippen LogP contribution in [0.2, 0.25) is 0 Å². The summed E-state index contributed by atoms with van der Waals surface area (Å²) in [6.45, 7) is 1.70. The lowest BCUT2D eigenvalue weighted by atomic mass is 10.2. The zero-order valence-electron chi connectivity index (χ0n) is 7.38. The third-order valence-corrected chi connectivity index (χ3v) is 1.85. The third kappa shape index (κ3) is 1.73. The van der Waals surface area contributed by atoms with Gasteiger partial charge in [0.05, 0.1) is 0 Å². The van der Waals surface area contributed by atoms with Gasteiger partial charge in [-0.05, 0) is 6.92 Å². The highest BCUT2D eigenvalue weighted by molar-refractivity contribution is 5.56. The van der Waals surface area contributed by atoms with Crippen LogP contribution >= 0.6 is 0 Å². The maximum atomic E-state index is 10.2.